The van der Waals surface area contributed by atoms with Crippen molar-refractivity contribution in [3.63, 3.8) is 0 Å². The van der Waals surface area contributed by atoms with Crippen LogP contribution in [0.2, 0.25) is 0 Å². The lowest BCUT2D eigenvalue weighted by atomic mass is 10.0. The Hall–Kier alpha value is -1.18. The highest BCUT2D eigenvalue weighted by molar-refractivity contribution is 7.99. The number of rotatable bonds is 7. The van der Waals surface area contributed by atoms with E-state index in [2.05, 4.69) is 17.5 Å². The molecule has 4 heteroatoms. The number of nitrogens with zero attached hydrogens (tertiary/aromatic N) is 1. The summed E-state index contributed by atoms with van der Waals surface area (Å²) in [4.78, 5) is 1.14. The molecule has 0 saturated heterocycles. The standard InChI is InChI=1S/C15H20N2OS/c1-15(11-16,17-12-7-8-12)9-10-19-14-6-4-3-5-13(14)18-2/h3-6,12,17H,7-10H2,1-2H3. The van der Waals surface area contributed by atoms with Gasteiger partial charge in [0.15, 0.2) is 0 Å². The lowest BCUT2D eigenvalue weighted by Crippen LogP contribution is -2.42. The number of hydrogen-bond donors (Lipinski definition) is 1. The highest BCUT2D eigenvalue weighted by Crippen LogP contribution is 2.31. The number of thioether (sulfide) groups is 1. The predicted octanol–water partition coefficient (Wildman–Crippen LogP) is 3.21. The van der Waals surface area contributed by atoms with Crippen LogP contribution in [0.5, 0.6) is 5.75 Å². The Morgan fingerprint density at radius 3 is 2.84 bits per heavy atom. The fraction of sp³-hybridized carbons (Fsp3) is 0.533. The first kappa shape index (κ1) is 14.2. The van der Waals surface area contributed by atoms with Crippen LogP contribution in [0, 0.1) is 11.3 Å². The number of methoxy groups -OCH3 is 1. The number of ether oxygens (including phenoxy) is 1. The molecule has 1 saturated carbocycles. The van der Waals surface area contributed by atoms with E-state index in [-0.39, 0.29) is 0 Å². The number of nitriles is 1. The molecule has 1 fully saturated rings. The molecule has 0 amide bonds. The van der Waals surface area contributed by atoms with Crippen LogP contribution in [0.3, 0.4) is 0 Å². The SMILES string of the molecule is COc1ccccc1SCCC(C)(C#N)NC1CC1. The minimum atomic E-state index is -0.407. The molecule has 1 aliphatic carbocycles. The smallest absolute Gasteiger partial charge is 0.132 e. The van der Waals surface area contributed by atoms with Gasteiger partial charge in [0.05, 0.1) is 13.2 Å². The third-order valence-electron chi connectivity index (χ3n) is 3.28. The fourth-order valence-corrected chi connectivity index (χ4v) is 3.14. The van der Waals surface area contributed by atoms with Crippen LogP contribution in [-0.2, 0) is 0 Å². The van der Waals surface area contributed by atoms with Crippen LogP contribution >= 0.6 is 11.8 Å². The van der Waals surface area contributed by atoms with E-state index in [1.54, 1.807) is 18.9 Å². The van der Waals surface area contributed by atoms with Crippen molar-refractivity contribution in [2.45, 2.75) is 42.7 Å². The van der Waals surface area contributed by atoms with Crippen LogP contribution in [0.25, 0.3) is 0 Å². The zero-order valence-electron chi connectivity index (χ0n) is 11.5. The second-order valence-electron chi connectivity index (χ2n) is 5.11. The lowest BCUT2D eigenvalue weighted by molar-refractivity contribution is 0.404. The number of para-hydroxylation sites is 1. The molecule has 0 aliphatic heterocycles. The molecular weight excluding hydrogens is 256 g/mol. The van der Waals surface area contributed by atoms with E-state index in [1.165, 1.54) is 12.8 Å². The molecule has 1 aromatic carbocycles. The molecule has 1 aromatic rings. The van der Waals surface area contributed by atoms with Gasteiger partial charge in [-0.2, -0.15) is 5.26 Å². The van der Waals surface area contributed by atoms with Crippen molar-refractivity contribution in [1.29, 1.82) is 5.26 Å². The molecule has 102 valence electrons. The molecule has 1 unspecified atom stereocenters. The van der Waals surface area contributed by atoms with Crippen molar-refractivity contribution in [2.75, 3.05) is 12.9 Å². The van der Waals surface area contributed by atoms with Gasteiger partial charge in [-0.15, -0.1) is 11.8 Å². The van der Waals surface area contributed by atoms with E-state index in [1.807, 2.05) is 25.1 Å². The van der Waals surface area contributed by atoms with Gasteiger partial charge in [0, 0.05) is 16.7 Å². The molecule has 0 bridgehead atoms. The van der Waals surface area contributed by atoms with E-state index >= 15 is 0 Å². The van der Waals surface area contributed by atoms with Crippen LogP contribution in [-0.4, -0.2) is 24.4 Å². The van der Waals surface area contributed by atoms with Crippen LogP contribution in [0.1, 0.15) is 26.2 Å². The topological polar surface area (TPSA) is 45.0 Å². The van der Waals surface area contributed by atoms with Crippen molar-refractivity contribution in [3.8, 4) is 11.8 Å². The third kappa shape index (κ3) is 4.15. The maximum atomic E-state index is 9.31. The van der Waals surface area contributed by atoms with Crippen LogP contribution < -0.4 is 10.1 Å². The van der Waals surface area contributed by atoms with E-state index in [0.29, 0.717) is 6.04 Å². The zero-order chi connectivity index (χ0) is 13.7. The van der Waals surface area contributed by atoms with Crippen molar-refractivity contribution >= 4 is 11.8 Å². The molecule has 1 N–H and O–H groups in total. The highest BCUT2D eigenvalue weighted by Gasteiger charge is 2.32. The van der Waals surface area contributed by atoms with E-state index < -0.39 is 5.54 Å². The molecule has 1 atom stereocenters. The summed E-state index contributed by atoms with van der Waals surface area (Å²) in [6.45, 7) is 1.99. The van der Waals surface area contributed by atoms with Gasteiger partial charge in [-0.1, -0.05) is 12.1 Å². The first-order chi connectivity index (χ1) is 9.17. The average molecular weight is 276 g/mol. The first-order valence-corrected chi connectivity index (χ1v) is 7.60. The summed E-state index contributed by atoms with van der Waals surface area (Å²) in [5, 5.41) is 12.7. The summed E-state index contributed by atoms with van der Waals surface area (Å²) in [6, 6.07) is 11.0. The van der Waals surface area contributed by atoms with Gasteiger partial charge in [-0.25, -0.2) is 0 Å². The van der Waals surface area contributed by atoms with Crippen LogP contribution in [0.4, 0.5) is 0 Å². The second kappa shape index (κ2) is 6.31. The Balaban J connectivity index is 1.86. The quantitative estimate of drug-likeness (QED) is 0.777. The van der Waals surface area contributed by atoms with Gasteiger partial charge in [-0.05, 0) is 38.3 Å². The summed E-state index contributed by atoms with van der Waals surface area (Å²) < 4.78 is 5.33. The Labute approximate surface area is 119 Å². The minimum Gasteiger partial charge on any atom is -0.496 e. The van der Waals surface area contributed by atoms with Gasteiger partial charge in [0.1, 0.15) is 11.3 Å². The Kier molecular flexibility index (Phi) is 4.73. The van der Waals surface area contributed by atoms with E-state index in [4.69, 9.17) is 4.74 Å². The number of hydrogen-bond acceptors (Lipinski definition) is 4. The Morgan fingerprint density at radius 1 is 1.47 bits per heavy atom. The summed E-state index contributed by atoms with van der Waals surface area (Å²) in [6.07, 6.45) is 3.25. The second-order valence-corrected chi connectivity index (χ2v) is 6.25. The average Bonchev–Trinajstić information content (AvgIpc) is 3.23. The molecular formula is C15H20N2OS. The maximum Gasteiger partial charge on any atom is 0.132 e. The van der Waals surface area contributed by atoms with Crippen molar-refractivity contribution in [2.24, 2.45) is 0 Å². The summed E-state index contributed by atoms with van der Waals surface area (Å²) in [5.41, 5.74) is -0.407. The molecule has 3 nitrogen and oxygen atoms in total. The van der Waals surface area contributed by atoms with Gasteiger partial charge in [-0.3, -0.25) is 5.32 Å². The molecule has 0 radical (unpaired) electrons. The minimum absolute atomic E-state index is 0.407. The molecule has 0 aromatic heterocycles. The third-order valence-corrected chi connectivity index (χ3v) is 4.33. The zero-order valence-corrected chi connectivity index (χ0v) is 12.3. The van der Waals surface area contributed by atoms with Crippen LogP contribution in [0.15, 0.2) is 29.2 Å². The van der Waals surface area contributed by atoms with Gasteiger partial charge in [0.25, 0.3) is 0 Å². The molecule has 1 aliphatic rings. The molecule has 0 spiro atoms. The van der Waals surface area contributed by atoms with Crippen molar-refractivity contribution in [1.82, 2.24) is 5.32 Å². The number of nitrogens with one attached hydrogen (secondary N) is 1. The van der Waals surface area contributed by atoms with Gasteiger partial charge < -0.3 is 4.74 Å². The van der Waals surface area contributed by atoms with E-state index in [0.717, 1.165) is 22.8 Å². The van der Waals surface area contributed by atoms with E-state index in [9.17, 15) is 5.26 Å². The highest BCUT2D eigenvalue weighted by atomic mass is 32.2. The monoisotopic (exact) mass is 276 g/mol. The number of benzene rings is 1. The van der Waals surface area contributed by atoms with Gasteiger partial charge >= 0.3 is 0 Å². The van der Waals surface area contributed by atoms with Crippen molar-refractivity contribution in [3.05, 3.63) is 24.3 Å². The Morgan fingerprint density at radius 2 is 2.21 bits per heavy atom. The largest absolute Gasteiger partial charge is 0.496 e. The maximum absolute atomic E-state index is 9.31. The fourth-order valence-electron chi connectivity index (χ4n) is 1.94. The summed E-state index contributed by atoms with van der Waals surface area (Å²) >= 11 is 1.75. The predicted molar refractivity (Wildman–Crippen MR) is 78.5 cm³/mol. The van der Waals surface area contributed by atoms with Gasteiger partial charge in [0.2, 0.25) is 0 Å². The molecule has 0 heterocycles. The lowest BCUT2D eigenvalue weighted by Gasteiger charge is -2.23. The first-order valence-electron chi connectivity index (χ1n) is 6.61. The molecule has 2 rings (SSSR count). The normalized spacial score (nSPS) is 17.5. The summed E-state index contributed by atoms with van der Waals surface area (Å²) in [5.74, 6) is 1.81. The Bertz CT molecular complexity index is 467. The summed E-state index contributed by atoms with van der Waals surface area (Å²) in [7, 11) is 1.69. The van der Waals surface area contributed by atoms with Crippen molar-refractivity contribution < 1.29 is 4.74 Å². The molecule has 19 heavy (non-hydrogen) atoms.